The maximum Gasteiger partial charge on any atom is 0.150 e. The lowest BCUT2D eigenvalue weighted by Gasteiger charge is -2.06. The van der Waals surface area contributed by atoms with Crippen molar-refractivity contribution in [1.82, 2.24) is 0 Å². The van der Waals surface area contributed by atoms with Crippen LogP contribution in [0, 0.1) is 0 Å². The molecule has 0 fully saturated rings. The molecule has 0 aromatic heterocycles. The number of hydrogen-bond acceptors (Lipinski definition) is 4. The molecule has 0 bridgehead atoms. The molecule has 0 aliphatic rings. The van der Waals surface area contributed by atoms with Crippen molar-refractivity contribution in [3.63, 3.8) is 0 Å². The Labute approximate surface area is 95.8 Å². The van der Waals surface area contributed by atoms with Crippen LogP contribution >= 0.6 is 0 Å². The monoisotopic (exact) mass is 244 g/mol. The third kappa shape index (κ3) is 4.53. The second-order valence-corrected chi connectivity index (χ2v) is 5.91. The highest BCUT2D eigenvalue weighted by molar-refractivity contribution is 7.91. The lowest BCUT2D eigenvalue weighted by molar-refractivity contribution is 0.316. The minimum atomic E-state index is -2.91. The minimum Gasteiger partial charge on any atom is -0.508 e. The topological polar surface area (TPSA) is 63.6 Å². The zero-order chi connectivity index (χ0) is 12.0. The smallest absolute Gasteiger partial charge is 0.150 e. The van der Waals surface area contributed by atoms with E-state index in [2.05, 4.69) is 0 Å². The summed E-state index contributed by atoms with van der Waals surface area (Å²) in [6, 6.07) is 6.43. The normalized spacial score (nSPS) is 11.3. The maximum atomic E-state index is 11.2. The Hall–Kier alpha value is -1.23. The molecule has 1 rings (SSSR count). The molecule has 90 valence electrons. The predicted molar refractivity (Wildman–Crippen MR) is 62.5 cm³/mol. The van der Waals surface area contributed by atoms with Crippen LogP contribution in [-0.2, 0) is 9.84 Å². The van der Waals surface area contributed by atoms with Crippen LogP contribution in [0.1, 0.15) is 13.3 Å². The number of rotatable bonds is 6. The molecule has 0 aliphatic carbocycles. The first-order valence-corrected chi connectivity index (χ1v) is 6.98. The Kier molecular flexibility index (Phi) is 4.61. The second-order valence-electron chi connectivity index (χ2n) is 3.44. The van der Waals surface area contributed by atoms with Gasteiger partial charge in [-0.3, -0.25) is 0 Å². The molecule has 0 saturated heterocycles. The standard InChI is InChI=1S/C11H16O4S/c1-2-16(13,14)8-4-7-15-11-6-3-5-10(12)9-11/h3,5-6,9,12H,2,4,7-8H2,1H3. The molecular formula is C11H16O4S. The molecule has 0 spiro atoms. The molecule has 0 amide bonds. The molecular weight excluding hydrogens is 228 g/mol. The van der Waals surface area contributed by atoms with Crippen molar-refractivity contribution in [2.75, 3.05) is 18.1 Å². The van der Waals surface area contributed by atoms with E-state index < -0.39 is 9.84 Å². The fourth-order valence-electron chi connectivity index (χ4n) is 1.19. The third-order valence-corrected chi connectivity index (χ3v) is 3.92. The van der Waals surface area contributed by atoms with Gasteiger partial charge in [-0.25, -0.2) is 8.42 Å². The van der Waals surface area contributed by atoms with Crippen LogP contribution in [-0.4, -0.2) is 31.6 Å². The van der Waals surface area contributed by atoms with E-state index in [9.17, 15) is 8.42 Å². The van der Waals surface area contributed by atoms with Gasteiger partial charge in [-0.1, -0.05) is 13.0 Å². The molecule has 1 aromatic rings. The van der Waals surface area contributed by atoms with Crippen LogP contribution in [0.15, 0.2) is 24.3 Å². The lowest BCUT2D eigenvalue weighted by atomic mass is 10.3. The lowest BCUT2D eigenvalue weighted by Crippen LogP contribution is -2.11. The number of phenolic OH excluding ortho intramolecular Hbond substituents is 1. The highest BCUT2D eigenvalue weighted by Gasteiger charge is 2.06. The number of aromatic hydroxyl groups is 1. The fourth-order valence-corrected chi connectivity index (χ4v) is 2.03. The van der Waals surface area contributed by atoms with Crippen LogP contribution < -0.4 is 4.74 Å². The third-order valence-electron chi connectivity index (χ3n) is 2.13. The predicted octanol–water partition coefficient (Wildman–Crippen LogP) is 1.60. The Morgan fingerprint density at radius 2 is 2.12 bits per heavy atom. The summed E-state index contributed by atoms with van der Waals surface area (Å²) < 4.78 is 27.6. The molecule has 16 heavy (non-hydrogen) atoms. The molecule has 1 aromatic carbocycles. The summed E-state index contributed by atoms with van der Waals surface area (Å²) in [5.41, 5.74) is 0. The van der Waals surface area contributed by atoms with Crippen molar-refractivity contribution in [1.29, 1.82) is 0 Å². The maximum absolute atomic E-state index is 11.2. The van der Waals surface area contributed by atoms with Gasteiger partial charge in [-0.15, -0.1) is 0 Å². The van der Waals surface area contributed by atoms with Gasteiger partial charge in [0.25, 0.3) is 0 Å². The van der Waals surface area contributed by atoms with Gasteiger partial charge in [0.15, 0.2) is 0 Å². The minimum absolute atomic E-state index is 0.138. The van der Waals surface area contributed by atoms with Crippen LogP contribution in [0.4, 0.5) is 0 Å². The Balaban J connectivity index is 2.32. The number of phenols is 1. The summed E-state index contributed by atoms with van der Waals surface area (Å²) in [7, 11) is -2.91. The summed E-state index contributed by atoms with van der Waals surface area (Å²) in [4.78, 5) is 0. The zero-order valence-corrected chi connectivity index (χ0v) is 10.0. The first-order chi connectivity index (χ1) is 7.53. The summed E-state index contributed by atoms with van der Waals surface area (Å²) in [6.45, 7) is 1.97. The van der Waals surface area contributed by atoms with E-state index in [0.717, 1.165) is 0 Å². The first kappa shape index (κ1) is 12.8. The molecule has 0 atom stereocenters. The van der Waals surface area contributed by atoms with Gasteiger partial charge < -0.3 is 9.84 Å². The van der Waals surface area contributed by atoms with E-state index in [1.807, 2.05) is 0 Å². The van der Waals surface area contributed by atoms with Crippen molar-refractivity contribution in [2.45, 2.75) is 13.3 Å². The summed E-state index contributed by atoms with van der Waals surface area (Å²) in [6.07, 6.45) is 0.464. The average molecular weight is 244 g/mol. The largest absolute Gasteiger partial charge is 0.508 e. The number of benzene rings is 1. The fraction of sp³-hybridized carbons (Fsp3) is 0.455. The van der Waals surface area contributed by atoms with Crippen molar-refractivity contribution in [3.05, 3.63) is 24.3 Å². The molecule has 0 saturated carbocycles. The number of ether oxygens (including phenoxy) is 1. The van der Waals surface area contributed by atoms with Crippen LogP contribution in [0.5, 0.6) is 11.5 Å². The first-order valence-electron chi connectivity index (χ1n) is 5.16. The van der Waals surface area contributed by atoms with Crippen LogP contribution in [0.2, 0.25) is 0 Å². The molecule has 0 aliphatic heterocycles. The van der Waals surface area contributed by atoms with Gasteiger partial charge >= 0.3 is 0 Å². The van der Waals surface area contributed by atoms with Gasteiger partial charge in [0.2, 0.25) is 0 Å². The van der Waals surface area contributed by atoms with E-state index in [0.29, 0.717) is 18.8 Å². The highest BCUT2D eigenvalue weighted by atomic mass is 32.2. The van der Waals surface area contributed by atoms with Crippen molar-refractivity contribution < 1.29 is 18.3 Å². The molecule has 4 nitrogen and oxygen atoms in total. The SMILES string of the molecule is CCS(=O)(=O)CCCOc1cccc(O)c1. The summed E-state index contributed by atoms with van der Waals surface area (Å²) in [5, 5.41) is 9.16. The van der Waals surface area contributed by atoms with E-state index in [1.54, 1.807) is 25.1 Å². The van der Waals surface area contributed by atoms with E-state index in [-0.39, 0.29) is 17.3 Å². The highest BCUT2D eigenvalue weighted by Crippen LogP contribution is 2.17. The van der Waals surface area contributed by atoms with E-state index >= 15 is 0 Å². The quantitative estimate of drug-likeness (QED) is 0.772. The molecule has 5 heteroatoms. The van der Waals surface area contributed by atoms with Crippen molar-refractivity contribution in [2.24, 2.45) is 0 Å². The number of hydrogen-bond donors (Lipinski definition) is 1. The van der Waals surface area contributed by atoms with Gasteiger partial charge in [0.05, 0.1) is 12.4 Å². The van der Waals surface area contributed by atoms with E-state index in [4.69, 9.17) is 9.84 Å². The van der Waals surface area contributed by atoms with Gasteiger partial charge in [-0.05, 0) is 18.6 Å². The summed E-state index contributed by atoms with van der Waals surface area (Å²) >= 11 is 0. The molecule has 0 radical (unpaired) electrons. The molecule has 1 N–H and O–H groups in total. The Morgan fingerprint density at radius 3 is 2.75 bits per heavy atom. The van der Waals surface area contributed by atoms with Crippen molar-refractivity contribution in [3.8, 4) is 11.5 Å². The molecule has 0 unspecified atom stereocenters. The second kappa shape index (κ2) is 5.75. The Morgan fingerprint density at radius 1 is 1.38 bits per heavy atom. The van der Waals surface area contributed by atoms with Gasteiger partial charge in [0.1, 0.15) is 21.3 Å². The Bertz CT molecular complexity index is 425. The van der Waals surface area contributed by atoms with Gasteiger partial charge in [0, 0.05) is 11.8 Å². The average Bonchev–Trinajstić information content (AvgIpc) is 2.25. The summed E-state index contributed by atoms with van der Waals surface area (Å²) in [5.74, 6) is 0.995. The van der Waals surface area contributed by atoms with Crippen molar-refractivity contribution >= 4 is 9.84 Å². The molecule has 0 heterocycles. The van der Waals surface area contributed by atoms with Crippen LogP contribution in [0.3, 0.4) is 0 Å². The van der Waals surface area contributed by atoms with E-state index in [1.165, 1.54) is 6.07 Å². The zero-order valence-electron chi connectivity index (χ0n) is 9.22. The van der Waals surface area contributed by atoms with Gasteiger partial charge in [-0.2, -0.15) is 0 Å². The number of sulfone groups is 1. The van der Waals surface area contributed by atoms with Crippen LogP contribution in [0.25, 0.3) is 0 Å².